The minimum Gasteiger partial charge on any atom is -0.367 e. The summed E-state index contributed by atoms with van der Waals surface area (Å²) in [7, 11) is 0. The maximum absolute atomic E-state index is 13.4. The summed E-state index contributed by atoms with van der Waals surface area (Å²) in [6.45, 7) is 5.10. The fourth-order valence-electron chi connectivity index (χ4n) is 4.52. The number of aromatic nitrogens is 5. The van der Waals surface area contributed by atoms with Gasteiger partial charge in [0.05, 0.1) is 10.9 Å². The van der Waals surface area contributed by atoms with Gasteiger partial charge in [-0.25, -0.2) is 19.9 Å². The van der Waals surface area contributed by atoms with Crippen LogP contribution in [0.25, 0.3) is 11.0 Å². The van der Waals surface area contributed by atoms with Crippen LogP contribution < -0.4 is 15.1 Å². The van der Waals surface area contributed by atoms with Crippen molar-refractivity contribution in [3.05, 3.63) is 65.9 Å². The molecule has 1 aromatic carbocycles. The molecule has 4 aromatic rings. The molecule has 1 saturated heterocycles. The lowest BCUT2D eigenvalue weighted by atomic mass is 9.99. The second-order valence-electron chi connectivity index (χ2n) is 8.92. The molecule has 1 aliphatic carbocycles. The monoisotopic (exact) mass is 454 g/mol. The first-order valence-electron chi connectivity index (χ1n) is 11.7. The number of fused-ring (bicyclic) bond motifs is 1. The maximum Gasteiger partial charge on any atom is 0.195 e. The first-order chi connectivity index (χ1) is 16.7. The van der Waals surface area contributed by atoms with Crippen molar-refractivity contribution in [1.29, 1.82) is 0 Å². The number of carbonyl (C=O) groups excluding carboxylic acids is 1. The van der Waals surface area contributed by atoms with E-state index in [-0.39, 0.29) is 5.78 Å². The highest BCUT2D eigenvalue weighted by molar-refractivity contribution is 6.18. The average Bonchev–Trinajstić information content (AvgIpc) is 3.58. The highest BCUT2D eigenvalue weighted by atomic mass is 16.1. The number of ketones is 1. The van der Waals surface area contributed by atoms with Crippen molar-refractivity contribution >= 4 is 34.3 Å². The molecular formula is C25H26N8O. The summed E-state index contributed by atoms with van der Waals surface area (Å²) >= 11 is 0. The van der Waals surface area contributed by atoms with Crippen molar-refractivity contribution < 1.29 is 4.79 Å². The lowest BCUT2D eigenvalue weighted by Gasteiger charge is -2.36. The van der Waals surface area contributed by atoms with Crippen molar-refractivity contribution in [3.8, 4) is 0 Å². The van der Waals surface area contributed by atoms with Crippen LogP contribution in [0.5, 0.6) is 0 Å². The Morgan fingerprint density at radius 1 is 0.971 bits per heavy atom. The molecule has 1 saturated carbocycles. The van der Waals surface area contributed by atoms with E-state index in [9.17, 15) is 4.79 Å². The minimum atomic E-state index is -0.0179. The second-order valence-corrected chi connectivity index (χ2v) is 8.92. The van der Waals surface area contributed by atoms with Crippen LogP contribution in [0.15, 0.2) is 49.2 Å². The van der Waals surface area contributed by atoms with Gasteiger partial charge < -0.3 is 20.1 Å². The maximum atomic E-state index is 13.4. The van der Waals surface area contributed by atoms with Crippen LogP contribution in [0, 0.1) is 6.92 Å². The lowest BCUT2D eigenvalue weighted by Crippen LogP contribution is -2.47. The van der Waals surface area contributed by atoms with Gasteiger partial charge in [-0.15, -0.1) is 0 Å². The Morgan fingerprint density at radius 2 is 1.74 bits per heavy atom. The minimum absolute atomic E-state index is 0.0179. The topological polar surface area (TPSA) is 103 Å². The molecule has 0 amide bonds. The Balaban J connectivity index is 1.25. The Bertz CT molecular complexity index is 1350. The van der Waals surface area contributed by atoms with E-state index in [0.717, 1.165) is 54.6 Å². The number of hydrogen-bond donors (Lipinski definition) is 2. The Hall–Kier alpha value is -4.01. The van der Waals surface area contributed by atoms with Crippen molar-refractivity contribution in [2.75, 3.05) is 41.3 Å². The van der Waals surface area contributed by atoms with Crippen molar-refractivity contribution in [2.24, 2.45) is 0 Å². The molecule has 34 heavy (non-hydrogen) atoms. The molecule has 0 unspecified atom stereocenters. The number of benzene rings is 1. The van der Waals surface area contributed by atoms with E-state index in [1.165, 1.54) is 12.8 Å². The van der Waals surface area contributed by atoms with Gasteiger partial charge in [-0.3, -0.25) is 4.79 Å². The van der Waals surface area contributed by atoms with E-state index in [2.05, 4.69) is 40.0 Å². The van der Waals surface area contributed by atoms with Gasteiger partial charge in [-0.05, 0) is 25.3 Å². The van der Waals surface area contributed by atoms with Crippen LogP contribution in [0.4, 0.5) is 17.5 Å². The van der Waals surface area contributed by atoms with E-state index in [4.69, 9.17) is 0 Å². The van der Waals surface area contributed by atoms with E-state index >= 15 is 0 Å². The fourth-order valence-corrected chi connectivity index (χ4v) is 4.52. The lowest BCUT2D eigenvalue weighted by molar-refractivity contribution is 0.103. The van der Waals surface area contributed by atoms with Crippen LogP contribution in [-0.4, -0.2) is 62.9 Å². The molecule has 0 atom stereocenters. The Labute approximate surface area is 197 Å². The SMILES string of the molecule is Cc1ccccc1C(=O)c1c[nH]c2ncnc(N3CCN(c4cc(NC5CC5)ncn4)CC3)c12. The highest BCUT2D eigenvalue weighted by Gasteiger charge is 2.26. The summed E-state index contributed by atoms with van der Waals surface area (Å²) in [6.07, 6.45) is 7.35. The first kappa shape index (κ1) is 20.6. The van der Waals surface area contributed by atoms with Gasteiger partial charge in [0, 0.05) is 50.0 Å². The summed E-state index contributed by atoms with van der Waals surface area (Å²) in [6, 6.07) is 10.2. The van der Waals surface area contributed by atoms with Crippen LogP contribution >= 0.6 is 0 Å². The summed E-state index contributed by atoms with van der Waals surface area (Å²) in [5.74, 6) is 2.60. The van der Waals surface area contributed by atoms with E-state index in [1.54, 1.807) is 18.9 Å². The summed E-state index contributed by atoms with van der Waals surface area (Å²) in [5.41, 5.74) is 2.93. The van der Waals surface area contributed by atoms with Gasteiger partial charge in [0.2, 0.25) is 0 Å². The quantitative estimate of drug-likeness (QED) is 0.428. The van der Waals surface area contributed by atoms with Gasteiger partial charge in [-0.2, -0.15) is 0 Å². The molecule has 4 heterocycles. The Kier molecular flexibility index (Phi) is 5.09. The number of H-pyrrole nitrogens is 1. The molecular weight excluding hydrogens is 428 g/mol. The standard InChI is InChI=1S/C25H26N8O/c1-16-4-2-3-5-18(16)23(34)19-13-26-24-22(19)25(30-15-29-24)33-10-8-32(9-11-33)21-12-20(27-14-28-21)31-17-6-7-17/h2-5,12-15,17H,6-11H2,1H3,(H,26,29,30)(H,27,28,31). The van der Waals surface area contributed by atoms with Crippen LogP contribution in [0.2, 0.25) is 0 Å². The number of carbonyl (C=O) groups is 1. The smallest absolute Gasteiger partial charge is 0.195 e. The molecule has 6 rings (SSSR count). The zero-order valence-electron chi connectivity index (χ0n) is 19.0. The van der Waals surface area contributed by atoms with Crippen LogP contribution in [-0.2, 0) is 0 Å². The van der Waals surface area contributed by atoms with Crippen molar-refractivity contribution in [1.82, 2.24) is 24.9 Å². The number of rotatable bonds is 6. The molecule has 0 radical (unpaired) electrons. The predicted molar refractivity (Wildman–Crippen MR) is 132 cm³/mol. The molecule has 0 bridgehead atoms. The molecule has 0 spiro atoms. The van der Waals surface area contributed by atoms with Crippen molar-refractivity contribution in [3.63, 3.8) is 0 Å². The number of aryl methyl sites for hydroxylation is 1. The molecule has 9 nitrogen and oxygen atoms in total. The van der Waals surface area contributed by atoms with Gasteiger partial charge in [0.25, 0.3) is 0 Å². The molecule has 2 N–H and O–H groups in total. The van der Waals surface area contributed by atoms with E-state index in [1.807, 2.05) is 37.3 Å². The highest BCUT2D eigenvalue weighted by Crippen LogP contribution is 2.30. The number of hydrogen-bond acceptors (Lipinski definition) is 8. The summed E-state index contributed by atoms with van der Waals surface area (Å²) in [4.78, 5) is 38.9. The first-order valence-corrected chi connectivity index (χ1v) is 11.7. The Morgan fingerprint density at radius 3 is 2.53 bits per heavy atom. The number of piperazine rings is 1. The second kappa shape index (κ2) is 8.40. The molecule has 2 aliphatic rings. The molecule has 3 aromatic heterocycles. The van der Waals surface area contributed by atoms with Crippen LogP contribution in [0.3, 0.4) is 0 Å². The number of aromatic amines is 1. The summed E-state index contributed by atoms with van der Waals surface area (Å²) in [5, 5.41) is 4.22. The largest absolute Gasteiger partial charge is 0.367 e. The van der Waals surface area contributed by atoms with Crippen LogP contribution in [0.1, 0.15) is 34.3 Å². The van der Waals surface area contributed by atoms with Gasteiger partial charge in [0.1, 0.15) is 35.8 Å². The molecule has 1 aliphatic heterocycles. The molecule has 2 fully saturated rings. The summed E-state index contributed by atoms with van der Waals surface area (Å²) < 4.78 is 0. The predicted octanol–water partition coefficient (Wildman–Crippen LogP) is 3.19. The number of anilines is 3. The number of nitrogens with zero attached hydrogens (tertiary/aromatic N) is 6. The normalized spacial score (nSPS) is 16.1. The third kappa shape index (κ3) is 3.83. The fraction of sp³-hybridized carbons (Fsp3) is 0.320. The zero-order chi connectivity index (χ0) is 23.1. The van der Waals surface area contributed by atoms with Gasteiger partial charge in [-0.1, -0.05) is 24.3 Å². The average molecular weight is 455 g/mol. The van der Waals surface area contributed by atoms with Crippen molar-refractivity contribution in [2.45, 2.75) is 25.8 Å². The van der Waals surface area contributed by atoms with E-state index < -0.39 is 0 Å². The zero-order valence-corrected chi connectivity index (χ0v) is 19.0. The third-order valence-corrected chi connectivity index (χ3v) is 6.57. The van der Waals surface area contributed by atoms with E-state index in [0.29, 0.717) is 22.8 Å². The molecule has 172 valence electrons. The van der Waals surface area contributed by atoms with Gasteiger partial charge in [0.15, 0.2) is 5.78 Å². The third-order valence-electron chi connectivity index (χ3n) is 6.57. The van der Waals surface area contributed by atoms with Gasteiger partial charge >= 0.3 is 0 Å². The number of nitrogens with one attached hydrogen (secondary N) is 2. The molecule has 9 heteroatoms.